The monoisotopic (exact) mass is 386 g/mol. The Kier molecular flexibility index (Phi) is 3.43. The molecule has 0 bridgehead atoms. The Morgan fingerprint density at radius 1 is 0.793 bits per heavy atom. The number of benzene rings is 3. The molecule has 0 fully saturated rings. The highest BCUT2D eigenvalue weighted by atomic mass is 16.4. The maximum Gasteiger partial charge on any atom is 0.335 e. The van der Waals surface area contributed by atoms with Crippen molar-refractivity contribution in [1.29, 1.82) is 0 Å². The molecule has 0 saturated heterocycles. The van der Waals surface area contributed by atoms with Crippen molar-refractivity contribution >= 4 is 28.3 Å². The van der Waals surface area contributed by atoms with Gasteiger partial charge in [-0.2, -0.15) is 0 Å². The molecule has 0 aromatic heterocycles. The normalized spacial score (nSPS) is 14.5. The smallest absolute Gasteiger partial charge is 0.335 e. The molecule has 0 radical (unpaired) electrons. The summed E-state index contributed by atoms with van der Waals surface area (Å²) in [6, 6.07) is 7.56. The highest BCUT2D eigenvalue weighted by Crippen LogP contribution is 2.49. The molecule has 2 aliphatic carbocycles. The van der Waals surface area contributed by atoms with E-state index >= 15 is 0 Å². The van der Waals surface area contributed by atoms with Gasteiger partial charge >= 0.3 is 5.97 Å². The zero-order chi connectivity index (χ0) is 20.4. The molecule has 3 aromatic carbocycles. The van der Waals surface area contributed by atoms with Crippen LogP contribution in [0.3, 0.4) is 0 Å². The van der Waals surface area contributed by atoms with Gasteiger partial charge in [0.15, 0.2) is 11.6 Å². The number of hydrogen-bond acceptors (Lipinski definition) is 5. The third kappa shape index (κ3) is 2.32. The molecule has 0 spiro atoms. The summed E-state index contributed by atoms with van der Waals surface area (Å²) in [6.45, 7) is 0. The largest absolute Gasteiger partial charge is 0.507 e. The second-order valence-electron chi connectivity index (χ2n) is 7.23. The van der Waals surface area contributed by atoms with Gasteiger partial charge in [-0.15, -0.1) is 0 Å². The van der Waals surface area contributed by atoms with Crippen LogP contribution in [-0.4, -0.2) is 32.9 Å². The van der Waals surface area contributed by atoms with Crippen molar-refractivity contribution in [2.24, 2.45) is 0 Å². The quantitative estimate of drug-likeness (QED) is 0.551. The Balaban J connectivity index is 1.87. The van der Waals surface area contributed by atoms with Gasteiger partial charge in [0.2, 0.25) is 0 Å². The van der Waals surface area contributed by atoms with Gasteiger partial charge in [-0.25, -0.2) is 4.79 Å². The summed E-state index contributed by atoms with van der Waals surface area (Å²) in [4.78, 5) is 35.8. The number of allylic oxidation sites excluding steroid dienone is 2. The van der Waals surface area contributed by atoms with E-state index in [1.165, 1.54) is 36.4 Å². The molecule has 29 heavy (non-hydrogen) atoms. The van der Waals surface area contributed by atoms with Crippen molar-refractivity contribution in [2.75, 3.05) is 0 Å². The summed E-state index contributed by atoms with van der Waals surface area (Å²) >= 11 is 0. The van der Waals surface area contributed by atoms with Crippen LogP contribution < -0.4 is 0 Å². The number of carboxylic acid groups (broad SMARTS) is 1. The number of carbonyl (C=O) groups is 3. The van der Waals surface area contributed by atoms with Gasteiger partial charge < -0.3 is 15.3 Å². The Morgan fingerprint density at radius 2 is 1.41 bits per heavy atom. The molecule has 142 valence electrons. The molecule has 0 heterocycles. The molecule has 0 aliphatic heterocycles. The van der Waals surface area contributed by atoms with Crippen molar-refractivity contribution in [1.82, 2.24) is 0 Å². The van der Waals surface area contributed by atoms with E-state index in [0.717, 1.165) is 5.56 Å². The molecule has 3 aromatic rings. The fraction of sp³-hybridized carbons (Fsp3) is 0.0870. The van der Waals surface area contributed by atoms with Crippen molar-refractivity contribution in [3.8, 4) is 22.6 Å². The van der Waals surface area contributed by atoms with Gasteiger partial charge in [0.05, 0.1) is 5.56 Å². The van der Waals surface area contributed by atoms with Crippen molar-refractivity contribution in [3.05, 3.63) is 70.3 Å². The summed E-state index contributed by atoms with van der Waals surface area (Å²) in [5.74, 6) is -2.00. The number of aromatic hydroxyl groups is 2. The fourth-order valence-corrected chi connectivity index (χ4v) is 4.24. The van der Waals surface area contributed by atoms with E-state index in [4.69, 9.17) is 0 Å². The summed E-state index contributed by atoms with van der Waals surface area (Å²) in [5.41, 5.74) is 2.69. The summed E-state index contributed by atoms with van der Waals surface area (Å²) < 4.78 is 0. The molecule has 6 nitrogen and oxygen atoms in total. The van der Waals surface area contributed by atoms with E-state index in [0.29, 0.717) is 29.5 Å². The van der Waals surface area contributed by atoms with E-state index in [2.05, 4.69) is 0 Å². The van der Waals surface area contributed by atoms with E-state index in [1.54, 1.807) is 6.07 Å². The van der Waals surface area contributed by atoms with Gasteiger partial charge in [0.25, 0.3) is 0 Å². The lowest BCUT2D eigenvalue weighted by molar-refractivity contribution is 0.0696. The summed E-state index contributed by atoms with van der Waals surface area (Å²) in [5, 5.41) is 31.9. The Morgan fingerprint density at radius 3 is 2.03 bits per heavy atom. The standard InChI is InChI=1S/C23H14O6/c24-18-5-6-19(25)15-9-17-16(8-14(15)18)21(26)12-4-3-10-1-2-11(23(28)29)7-13(10)20(12)22(17)27/h1-2,5-9,26-27H,3-4H2,(H,28,29). The Labute approximate surface area is 164 Å². The minimum absolute atomic E-state index is 0.0724. The highest BCUT2D eigenvalue weighted by Gasteiger charge is 2.28. The summed E-state index contributed by atoms with van der Waals surface area (Å²) in [6.07, 6.45) is 3.40. The zero-order valence-electron chi connectivity index (χ0n) is 15.0. The maximum atomic E-state index is 12.2. The molecular formula is C23H14O6. The zero-order valence-corrected chi connectivity index (χ0v) is 15.0. The van der Waals surface area contributed by atoms with Crippen molar-refractivity contribution in [2.45, 2.75) is 12.8 Å². The minimum atomic E-state index is -1.09. The van der Waals surface area contributed by atoms with Crippen molar-refractivity contribution < 1.29 is 29.7 Å². The van der Waals surface area contributed by atoms with Crippen molar-refractivity contribution in [3.63, 3.8) is 0 Å². The third-order valence-corrected chi connectivity index (χ3v) is 5.68. The van der Waals surface area contributed by atoms with Gasteiger partial charge in [0, 0.05) is 33.0 Å². The molecule has 0 atom stereocenters. The van der Waals surface area contributed by atoms with Crippen LogP contribution in [0.15, 0.2) is 42.5 Å². The predicted molar refractivity (Wildman–Crippen MR) is 105 cm³/mol. The number of aryl methyl sites for hydroxylation is 1. The first kappa shape index (κ1) is 17.2. The average molecular weight is 386 g/mol. The van der Waals surface area contributed by atoms with Crippen LogP contribution >= 0.6 is 0 Å². The van der Waals surface area contributed by atoms with Crippen LogP contribution in [0.4, 0.5) is 0 Å². The Hall–Kier alpha value is -3.93. The lowest BCUT2D eigenvalue weighted by Gasteiger charge is -2.24. The SMILES string of the molecule is O=C(O)c1ccc2c(c1)-c1c(c(O)c3cc4c(cc3c1O)C(=O)C=CC4=O)CC2. The van der Waals surface area contributed by atoms with E-state index in [9.17, 15) is 29.7 Å². The number of rotatable bonds is 1. The van der Waals surface area contributed by atoms with Crippen LogP contribution in [0.5, 0.6) is 11.5 Å². The molecule has 5 rings (SSSR count). The number of hydrogen-bond donors (Lipinski definition) is 3. The number of phenolic OH excluding ortho intramolecular Hbond substituents is 2. The molecule has 3 N–H and O–H groups in total. The Bertz CT molecular complexity index is 1330. The van der Waals surface area contributed by atoms with Crippen LogP contribution in [0.2, 0.25) is 0 Å². The van der Waals surface area contributed by atoms with E-state index in [-0.39, 0.29) is 50.5 Å². The number of carboxylic acids is 1. The predicted octanol–water partition coefficient (Wildman–Crippen LogP) is 3.65. The van der Waals surface area contributed by atoms with Gasteiger partial charge in [0.1, 0.15) is 11.5 Å². The second kappa shape index (κ2) is 5.78. The van der Waals surface area contributed by atoms with Crippen LogP contribution in [-0.2, 0) is 12.8 Å². The number of carbonyl (C=O) groups excluding carboxylic acids is 2. The number of fused-ring (bicyclic) bond motifs is 5. The van der Waals surface area contributed by atoms with Gasteiger partial charge in [-0.1, -0.05) is 6.07 Å². The summed E-state index contributed by atoms with van der Waals surface area (Å²) in [7, 11) is 0. The van der Waals surface area contributed by atoms with E-state index < -0.39 is 5.97 Å². The molecule has 2 aliphatic rings. The molecule has 6 heteroatoms. The molecule has 0 amide bonds. The van der Waals surface area contributed by atoms with E-state index in [1.807, 2.05) is 0 Å². The van der Waals surface area contributed by atoms with Gasteiger partial charge in [-0.3, -0.25) is 9.59 Å². The minimum Gasteiger partial charge on any atom is -0.507 e. The third-order valence-electron chi connectivity index (χ3n) is 5.68. The number of ketones is 2. The topological polar surface area (TPSA) is 112 Å². The first-order valence-electron chi connectivity index (χ1n) is 9.04. The molecule has 0 saturated carbocycles. The van der Waals surface area contributed by atoms with Gasteiger partial charge in [-0.05, 0) is 60.4 Å². The maximum absolute atomic E-state index is 12.2. The molecule has 0 unspecified atom stereocenters. The average Bonchev–Trinajstić information content (AvgIpc) is 2.72. The first-order valence-corrected chi connectivity index (χ1v) is 9.04. The number of aromatic carboxylic acids is 1. The molecular weight excluding hydrogens is 372 g/mol. The lowest BCUT2D eigenvalue weighted by Crippen LogP contribution is -2.12. The highest BCUT2D eigenvalue weighted by molar-refractivity contribution is 6.24. The van der Waals surface area contributed by atoms with Crippen LogP contribution in [0.1, 0.15) is 42.2 Å². The number of phenols is 2. The van der Waals surface area contributed by atoms with Crippen LogP contribution in [0.25, 0.3) is 21.9 Å². The second-order valence-corrected chi connectivity index (χ2v) is 7.23. The van der Waals surface area contributed by atoms with Crippen LogP contribution in [0, 0.1) is 0 Å². The lowest BCUT2D eigenvalue weighted by atomic mass is 9.81. The fourth-order valence-electron chi connectivity index (χ4n) is 4.24. The first-order chi connectivity index (χ1) is 13.9.